The summed E-state index contributed by atoms with van der Waals surface area (Å²) in [6.07, 6.45) is 1.02. The highest BCUT2D eigenvalue weighted by Gasteiger charge is 2.25. The van der Waals surface area contributed by atoms with E-state index in [2.05, 4.69) is 0 Å². The Morgan fingerprint density at radius 1 is 0.875 bits per heavy atom. The first-order valence-corrected chi connectivity index (χ1v) is 10.7. The first-order valence-electron chi connectivity index (χ1n) is 6.62. The minimum absolute atomic E-state index is 0.0220. The Balaban J connectivity index is 2.57. The zero-order chi connectivity index (χ0) is 18.3. The van der Waals surface area contributed by atoms with Gasteiger partial charge in [-0.15, -0.1) is 0 Å². The summed E-state index contributed by atoms with van der Waals surface area (Å²) in [5, 5.41) is 0.398. The van der Waals surface area contributed by atoms with Crippen molar-refractivity contribution < 1.29 is 21.0 Å². The van der Waals surface area contributed by atoms with Crippen LogP contribution in [0.15, 0.2) is 40.1 Å². The van der Waals surface area contributed by atoms with Crippen LogP contribution in [-0.4, -0.2) is 23.1 Å². The average Bonchev–Trinajstić information content (AvgIpc) is 2.43. The predicted octanol–water partition coefficient (Wildman–Crippen LogP) is 3.78. The molecule has 2 aromatic carbocycles. The van der Waals surface area contributed by atoms with Crippen molar-refractivity contribution in [2.45, 2.75) is 23.6 Å². The summed E-state index contributed by atoms with van der Waals surface area (Å²) in [6.45, 7) is 3.02. The highest BCUT2D eigenvalue weighted by atomic mass is 35.5. The molecule has 130 valence electrons. The molecule has 0 radical (unpaired) electrons. The van der Waals surface area contributed by atoms with Crippen LogP contribution in [0.1, 0.15) is 11.1 Å². The molecule has 2 rings (SSSR count). The maximum Gasteiger partial charge on any atom is 0.339 e. The van der Waals surface area contributed by atoms with Gasteiger partial charge in [-0.1, -0.05) is 23.2 Å². The van der Waals surface area contributed by atoms with E-state index >= 15 is 0 Å². The molecule has 5 nitrogen and oxygen atoms in total. The summed E-state index contributed by atoms with van der Waals surface area (Å²) in [4.78, 5) is -0.271. The van der Waals surface area contributed by atoms with Gasteiger partial charge in [0.25, 0.3) is 0 Å². The Kier molecular flexibility index (Phi) is 5.20. The molecular formula is C15H14Cl2O5S2. The minimum atomic E-state index is -4.25. The molecule has 0 aromatic heterocycles. The van der Waals surface area contributed by atoms with Crippen molar-refractivity contribution in [3.63, 3.8) is 0 Å². The van der Waals surface area contributed by atoms with Gasteiger partial charge in [0, 0.05) is 12.3 Å². The van der Waals surface area contributed by atoms with E-state index in [1.54, 1.807) is 6.92 Å². The second kappa shape index (κ2) is 6.55. The van der Waals surface area contributed by atoms with E-state index in [-0.39, 0.29) is 31.1 Å². The van der Waals surface area contributed by atoms with Gasteiger partial charge in [-0.05, 0) is 49.2 Å². The Bertz CT molecular complexity index is 1010. The highest BCUT2D eigenvalue weighted by Crippen LogP contribution is 2.30. The third kappa shape index (κ3) is 4.03. The summed E-state index contributed by atoms with van der Waals surface area (Å²) in [6, 6.07) is 6.80. The standard InChI is InChI=1S/C15H14Cl2O5S2/c1-9-6-14(23(3,18)19)10(2)15(7-9)24(20,21)22-11-4-5-12(16)13(17)8-11/h4-8H,1-3H3. The van der Waals surface area contributed by atoms with E-state index in [9.17, 15) is 16.8 Å². The van der Waals surface area contributed by atoms with Crippen LogP contribution < -0.4 is 4.18 Å². The molecule has 0 heterocycles. The van der Waals surface area contributed by atoms with Crippen LogP contribution in [-0.2, 0) is 20.0 Å². The molecule has 2 aromatic rings. The van der Waals surface area contributed by atoms with Crippen LogP contribution in [0, 0.1) is 13.8 Å². The predicted molar refractivity (Wildman–Crippen MR) is 93.3 cm³/mol. The molecule has 0 fully saturated rings. The Labute approximate surface area is 151 Å². The molecule has 24 heavy (non-hydrogen) atoms. The second-order valence-corrected chi connectivity index (χ2v) is 9.59. The van der Waals surface area contributed by atoms with E-state index in [4.69, 9.17) is 27.4 Å². The van der Waals surface area contributed by atoms with Crippen molar-refractivity contribution in [2.24, 2.45) is 0 Å². The number of hydrogen-bond acceptors (Lipinski definition) is 5. The van der Waals surface area contributed by atoms with Crippen molar-refractivity contribution in [2.75, 3.05) is 6.26 Å². The Morgan fingerprint density at radius 2 is 1.46 bits per heavy atom. The van der Waals surface area contributed by atoms with Crippen LogP contribution in [0.2, 0.25) is 10.0 Å². The lowest BCUT2D eigenvalue weighted by Gasteiger charge is -2.13. The molecule has 0 N–H and O–H groups in total. The Hall–Kier alpha value is -1.28. The third-order valence-corrected chi connectivity index (χ3v) is 6.56. The SMILES string of the molecule is Cc1cc(S(C)(=O)=O)c(C)c(S(=O)(=O)Oc2ccc(Cl)c(Cl)c2)c1. The molecule has 0 spiro atoms. The normalized spacial score (nSPS) is 12.2. The topological polar surface area (TPSA) is 77.5 Å². The van der Waals surface area contributed by atoms with E-state index in [1.807, 2.05) is 0 Å². The van der Waals surface area contributed by atoms with Gasteiger partial charge in [-0.2, -0.15) is 8.42 Å². The molecule has 0 aliphatic rings. The van der Waals surface area contributed by atoms with Crippen LogP contribution in [0.3, 0.4) is 0 Å². The number of rotatable bonds is 4. The lowest BCUT2D eigenvalue weighted by Crippen LogP contribution is -2.14. The van der Waals surface area contributed by atoms with Gasteiger partial charge in [0.1, 0.15) is 10.6 Å². The first-order chi connectivity index (χ1) is 10.9. The molecule has 0 amide bonds. The summed E-state index contributed by atoms with van der Waals surface area (Å²) < 4.78 is 53.9. The van der Waals surface area contributed by atoms with Crippen molar-refractivity contribution in [3.05, 3.63) is 51.5 Å². The molecule has 9 heteroatoms. The van der Waals surface area contributed by atoms with Gasteiger partial charge >= 0.3 is 10.1 Å². The first kappa shape index (κ1) is 19.1. The monoisotopic (exact) mass is 408 g/mol. The Morgan fingerprint density at radius 3 is 2.00 bits per heavy atom. The summed E-state index contributed by atoms with van der Waals surface area (Å²) in [7, 11) is -7.83. The lowest BCUT2D eigenvalue weighted by molar-refractivity contribution is 0.485. The van der Waals surface area contributed by atoms with Crippen molar-refractivity contribution in [1.29, 1.82) is 0 Å². The van der Waals surface area contributed by atoms with Crippen molar-refractivity contribution in [3.8, 4) is 5.75 Å². The number of benzene rings is 2. The smallest absolute Gasteiger partial charge is 0.339 e. The van der Waals surface area contributed by atoms with E-state index in [0.717, 1.165) is 6.26 Å². The molecule has 0 unspecified atom stereocenters. The van der Waals surface area contributed by atoms with Crippen molar-refractivity contribution >= 4 is 43.2 Å². The summed E-state index contributed by atoms with van der Waals surface area (Å²) in [5.74, 6) is -0.0220. The largest absolute Gasteiger partial charge is 0.379 e. The third-order valence-electron chi connectivity index (χ3n) is 3.22. The minimum Gasteiger partial charge on any atom is -0.379 e. The van der Waals surface area contributed by atoms with Gasteiger partial charge in [-0.3, -0.25) is 0 Å². The number of hydrogen-bond donors (Lipinski definition) is 0. The van der Waals surface area contributed by atoms with Crippen molar-refractivity contribution in [1.82, 2.24) is 0 Å². The molecule has 0 bridgehead atoms. The summed E-state index contributed by atoms with van der Waals surface area (Å²) in [5.41, 5.74) is 0.584. The number of halogens is 2. The fraction of sp³-hybridized carbons (Fsp3) is 0.200. The quantitative estimate of drug-likeness (QED) is 0.719. The maximum atomic E-state index is 12.6. The van der Waals surface area contributed by atoms with Gasteiger partial charge < -0.3 is 4.18 Å². The average molecular weight is 409 g/mol. The van der Waals surface area contributed by atoms with Crippen LogP contribution >= 0.6 is 23.2 Å². The van der Waals surface area contributed by atoms with Gasteiger partial charge in [0.05, 0.1) is 14.9 Å². The van der Waals surface area contributed by atoms with Crippen LogP contribution in [0.5, 0.6) is 5.75 Å². The zero-order valence-electron chi connectivity index (χ0n) is 13.0. The molecule has 0 saturated heterocycles. The number of aryl methyl sites for hydroxylation is 1. The van der Waals surface area contributed by atoms with E-state index < -0.39 is 20.0 Å². The summed E-state index contributed by atoms with van der Waals surface area (Å²) >= 11 is 11.6. The van der Waals surface area contributed by atoms with Gasteiger partial charge in [0.2, 0.25) is 0 Å². The molecular weight excluding hydrogens is 395 g/mol. The fourth-order valence-corrected chi connectivity index (χ4v) is 4.82. The fourth-order valence-electron chi connectivity index (χ4n) is 2.14. The molecule has 0 atom stereocenters. The maximum absolute atomic E-state index is 12.6. The highest BCUT2D eigenvalue weighted by molar-refractivity contribution is 7.91. The zero-order valence-corrected chi connectivity index (χ0v) is 16.1. The van der Waals surface area contributed by atoms with Crippen LogP contribution in [0.4, 0.5) is 0 Å². The van der Waals surface area contributed by atoms with Gasteiger partial charge in [0.15, 0.2) is 9.84 Å². The molecule has 0 aliphatic heterocycles. The number of sulfone groups is 1. The van der Waals surface area contributed by atoms with E-state index in [1.165, 1.54) is 37.3 Å². The molecule has 0 aliphatic carbocycles. The van der Waals surface area contributed by atoms with Gasteiger partial charge in [-0.25, -0.2) is 8.42 Å². The molecule has 0 saturated carbocycles. The van der Waals surface area contributed by atoms with Crippen LogP contribution in [0.25, 0.3) is 0 Å². The van der Waals surface area contributed by atoms with E-state index in [0.29, 0.717) is 5.56 Å². The lowest BCUT2D eigenvalue weighted by atomic mass is 10.2. The second-order valence-electron chi connectivity index (χ2n) is 5.27.